The number of aliphatic hydroxyl groups is 25. The van der Waals surface area contributed by atoms with E-state index in [1.807, 2.05) is 0 Å². The van der Waals surface area contributed by atoms with Crippen LogP contribution in [0.25, 0.3) is 0 Å². The van der Waals surface area contributed by atoms with Crippen LogP contribution in [-0.4, -0.2) is 474 Å². The highest BCUT2D eigenvalue weighted by Crippen LogP contribution is 2.40. The highest BCUT2D eigenvalue weighted by molar-refractivity contribution is 5.74. The molecule has 9 saturated heterocycles. The van der Waals surface area contributed by atoms with Crippen LogP contribution < -0.4 is 16.0 Å². The number of hydrogen-bond acceptors (Lipinski definition) is 45. The minimum absolute atomic E-state index is 0.907. The minimum Gasteiger partial charge on any atom is -0.394 e. The van der Waals surface area contributed by atoms with E-state index in [1.165, 1.54) is 6.92 Å². The second-order valence-electron chi connectivity index (χ2n) is 27.4. The molecule has 9 aliphatic heterocycles. The molecule has 0 unspecified atom stereocenters. The Bertz CT molecular complexity index is 2820. The quantitative estimate of drug-likeness (QED) is 0.0363. The fourth-order valence-electron chi connectivity index (χ4n) is 14.0. The van der Waals surface area contributed by atoms with Crippen molar-refractivity contribution in [3.63, 3.8) is 0 Å². The van der Waals surface area contributed by atoms with Crippen molar-refractivity contribution < 1.29 is 223 Å². The molecule has 0 saturated carbocycles. The summed E-state index contributed by atoms with van der Waals surface area (Å²) >= 11 is 0. The summed E-state index contributed by atoms with van der Waals surface area (Å²) in [5.41, 5.74) is 0. The van der Waals surface area contributed by atoms with E-state index in [1.54, 1.807) is 0 Å². The topological polar surface area (TPSA) is 750 Å². The van der Waals surface area contributed by atoms with Crippen LogP contribution in [0.1, 0.15) is 27.7 Å². The number of nitrogens with one attached hydrogen (secondary N) is 3. The van der Waals surface area contributed by atoms with Crippen LogP contribution in [0.5, 0.6) is 0 Å². The molecule has 48 nitrogen and oxygen atoms in total. The van der Waals surface area contributed by atoms with Crippen molar-refractivity contribution in [3.8, 4) is 0 Å². The van der Waals surface area contributed by atoms with E-state index in [-0.39, 0.29) is 0 Å². The van der Waals surface area contributed by atoms with Gasteiger partial charge in [0.1, 0.15) is 213 Å². The standard InChI is InChI=1S/C60H101N3O45/c1-13-28(74)36(82)41(87)56(93-13)108-51-38(84)30(76)18(6-65)100-60(51)105-48-27(63-16(4)73)55(97-21(9-68)33(48)79)107-50-35(81)24(12-92-53-25(61-14(2)71)46(31(77)19(7-66)95-53)103-57-42(88)37(83)29(75)17(5-64)98-57)101-59(44(50)90)104-47-26(62-15(3)72)54(96-20(8-67)32(47)78)106-49-34(80)22(10-69)99-58(43(49)89)102-45-23(11-70)94-52(91)40(86)39(45)85/h13,17-60,64-70,74-91H,5-12H2,1-4H3,(H,61,71)(H,62,72)(H,63,73)/t13-,17+,18+,19+,20+,21+,22+,23+,24+,25+,26+,27+,28+,29-,30-,31+,32+,33+,34-,35-,36+,37-,38-,39+,40+,41-,42+,43+,44+,45+,46+,47+,48+,49-,50-,51+,52+,53+,54-,55-,56-,57-,58-,59-,60-/m0/s1. The van der Waals surface area contributed by atoms with Crippen molar-refractivity contribution in [2.24, 2.45) is 0 Å². The molecule has 0 aromatic rings. The van der Waals surface area contributed by atoms with Gasteiger partial charge >= 0.3 is 0 Å². The lowest BCUT2D eigenvalue weighted by molar-refractivity contribution is -0.392. The molecule has 0 aromatic heterocycles. The maximum absolute atomic E-state index is 13.4. The van der Waals surface area contributed by atoms with E-state index in [4.69, 9.17) is 80.5 Å². The molecule has 9 heterocycles. The highest BCUT2D eigenvalue weighted by Gasteiger charge is 2.61. The first-order valence-corrected chi connectivity index (χ1v) is 34.5. The molecule has 108 heavy (non-hydrogen) atoms. The van der Waals surface area contributed by atoms with Gasteiger partial charge in [0.05, 0.1) is 59.0 Å². The first-order chi connectivity index (χ1) is 51.1. The van der Waals surface area contributed by atoms with Crippen molar-refractivity contribution in [3.05, 3.63) is 0 Å². The molecule has 9 rings (SSSR count). The number of hydrogen-bond donors (Lipinski definition) is 28. The molecule has 9 aliphatic rings. The largest absolute Gasteiger partial charge is 0.394 e. The minimum atomic E-state index is -2.58. The zero-order valence-corrected chi connectivity index (χ0v) is 58.0. The Morgan fingerprint density at radius 3 is 0.972 bits per heavy atom. The van der Waals surface area contributed by atoms with Gasteiger partial charge in [-0.25, -0.2) is 0 Å². The van der Waals surface area contributed by atoms with Gasteiger partial charge in [0.2, 0.25) is 17.7 Å². The molecule has 0 radical (unpaired) electrons. The molecule has 626 valence electrons. The van der Waals surface area contributed by atoms with Gasteiger partial charge in [-0.2, -0.15) is 0 Å². The Labute approximate surface area is 611 Å². The first-order valence-electron chi connectivity index (χ1n) is 34.5. The van der Waals surface area contributed by atoms with Crippen LogP contribution >= 0.6 is 0 Å². The van der Waals surface area contributed by atoms with E-state index >= 15 is 0 Å². The van der Waals surface area contributed by atoms with Crippen molar-refractivity contribution >= 4 is 17.7 Å². The average Bonchev–Trinajstić information content (AvgIpc) is 0.767. The third kappa shape index (κ3) is 19.1. The van der Waals surface area contributed by atoms with E-state index in [0.29, 0.717) is 0 Å². The lowest BCUT2D eigenvalue weighted by Crippen LogP contribution is -2.71. The van der Waals surface area contributed by atoms with Gasteiger partial charge in [-0.1, -0.05) is 0 Å². The fraction of sp³-hybridized carbons (Fsp3) is 0.950. The van der Waals surface area contributed by atoms with Crippen LogP contribution in [0.3, 0.4) is 0 Å². The molecule has 0 aliphatic carbocycles. The lowest BCUT2D eigenvalue weighted by atomic mass is 9.93. The second kappa shape index (κ2) is 38.5. The Balaban J connectivity index is 1.08. The van der Waals surface area contributed by atoms with Crippen molar-refractivity contribution in [1.29, 1.82) is 0 Å². The molecule has 45 atom stereocenters. The Morgan fingerprint density at radius 2 is 0.546 bits per heavy atom. The second-order valence-corrected chi connectivity index (χ2v) is 27.4. The SMILES string of the molecule is CC(=O)N[C@H]1[C@H](OC[C@H]2O[C@@H](O[C@H]3[C@H](O)[C@@H](CO)O[C@@H](O[C@H]4[C@@H](O)[C@@H](CO)O[C@@H](O[C@H]5[C@H](O)[C@@H](O)[C@H](O)O[C@@H]5CO)[C@@H]4O)[C@@H]3NC(C)=O)[C@H](O)[C@@H](O[C@@H]3O[C@H](CO)[C@@H](O)[C@H](O[C@@H]4O[C@H](CO)[C@H](O)[C@H](O)[C@H]4O[C@@H]4O[C@@H](C)[C@@H](O)[C@@H](O)[C@@H]4O)[C@H]3NC(C)=O)[C@H]2O)O[C@H](CO)[C@@H](O)[C@@H]1O[C@@H]1O[C@H](CO)[C@H](O)[C@H](O)[C@H]1O. The normalized spacial score (nSPS) is 50.4. The summed E-state index contributed by atoms with van der Waals surface area (Å²) in [5.74, 6) is -2.95. The Hall–Kier alpha value is -3.27. The Morgan fingerprint density at radius 1 is 0.259 bits per heavy atom. The number of aliphatic hydroxyl groups excluding tert-OH is 25. The highest BCUT2D eigenvalue weighted by atomic mass is 16.8. The zero-order valence-electron chi connectivity index (χ0n) is 58.0. The van der Waals surface area contributed by atoms with Gasteiger partial charge < -0.3 is 224 Å². The third-order valence-electron chi connectivity index (χ3n) is 19.9. The van der Waals surface area contributed by atoms with Crippen LogP contribution in [0.4, 0.5) is 0 Å². The summed E-state index contributed by atoms with van der Waals surface area (Å²) in [4.78, 5) is 39.7. The number of carbonyl (C=O) groups is 3. The molecular formula is C60H101N3O45. The van der Waals surface area contributed by atoms with Crippen molar-refractivity contribution in [2.45, 2.75) is 304 Å². The van der Waals surface area contributed by atoms with Gasteiger partial charge in [-0.05, 0) is 6.92 Å². The number of amides is 3. The number of rotatable bonds is 27. The molecule has 28 N–H and O–H groups in total. The van der Waals surface area contributed by atoms with Crippen LogP contribution in [0.15, 0.2) is 0 Å². The third-order valence-corrected chi connectivity index (χ3v) is 19.9. The zero-order chi connectivity index (χ0) is 79.5. The molecule has 9 fully saturated rings. The van der Waals surface area contributed by atoms with E-state index in [9.17, 15) is 142 Å². The average molecular weight is 1580 g/mol. The monoisotopic (exact) mass is 1580 g/mol. The lowest BCUT2D eigenvalue weighted by Gasteiger charge is -2.51. The number of ether oxygens (including phenoxy) is 17. The van der Waals surface area contributed by atoms with Crippen LogP contribution in [0.2, 0.25) is 0 Å². The molecule has 0 spiro atoms. The van der Waals surface area contributed by atoms with E-state index < -0.39 is 347 Å². The van der Waals surface area contributed by atoms with Crippen LogP contribution in [-0.2, 0) is 94.9 Å². The predicted octanol–water partition coefficient (Wildman–Crippen LogP) is -19.2. The van der Waals surface area contributed by atoms with Gasteiger partial charge in [0, 0.05) is 20.8 Å². The smallest absolute Gasteiger partial charge is 0.217 e. The van der Waals surface area contributed by atoms with E-state index in [2.05, 4.69) is 16.0 Å². The fourth-order valence-corrected chi connectivity index (χ4v) is 14.0. The maximum atomic E-state index is 13.4. The molecular weight excluding hydrogens is 1480 g/mol. The summed E-state index contributed by atoms with van der Waals surface area (Å²) in [5, 5.41) is 283. The van der Waals surface area contributed by atoms with Gasteiger partial charge in [0.15, 0.2) is 56.6 Å². The summed E-state index contributed by atoms with van der Waals surface area (Å²) in [6, 6.07) is -5.92. The molecule has 0 bridgehead atoms. The van der Waals surface area contributed by atoms with Gasteiger partial charge in [-0.15, -0.1) is 0 Å². The first kappa shape index (κ1) is 88.7. The van der Waals surface area contributed by atoms with Gasteiger partial charge in [0.25, 0.3) is 0 Å². The predicted molar refractivity (Wildman–Crippen MR) is 330 cm³/mol. The summed E-state index contributed by atoms with van der Waals surface area (Å²) in [6.45, 7) is -4.70. The molecule has 3 amide bonds. The van der Waals surface area contributed by atoms with E-state index in [0.717, 1.165) is 20.8 Å². The van der Waals surface area contributed by atoms with Crippen molar-refractivity contribution in [2.75, 3.05) is 52.9 Å². The Kier molecular flexibility index (Phi) is 31.6. The summed E-state index contributed by atoms with van der Waals surface area (Å²) in [7, 11) is 0. The maximum Gasteiger partial charge on any atom is 0.217 e. The van der Waals surface area contributed by atoms with Crippen LogP contribution in [0, 0.1) is 0 Å². The van der Waals surface area contributed by atoms with Crippen molar-refractivity contribution in [1.82, 2.24) is 16.0 Å². The summed E-state index contributed by atoms with van der Waals surface area (Å²) in [6.07, 6.45) is -86.4. The molecule has 48 heteroatoms. The summed E-state index contributed by atoms with van der Waals surface area (Å²) < 4.78 is 100. The number of carbonyl (C=O) groups excluding carboxylic acids is 3. The molecule has 0 aromatic carbocycles. The van der Waals surface area contributed by atoms with Gasteiger partial charge in [-0.3, -0.25) is 14.4 Å².